The monoisotopic (exact) mass is 666 g/mol. The highest BCUT2D eigenvalue weighted by Crippen LogP contribution is 2.42. The second-order valence-corrected chi connectivity index (χ2v) is 10.5. The van der Waals surface area contributed by atoms with E-state index < -0.39 is 54.7 Å². The molecule has 11 nitrogen and oxygen atoms in total. The number of rotatable bonds is 8. The van der Waals surface area contributed by atoms with E-state index in [1.807, 2.05) is 0 Å². The summed E-state index contributed by atoms with van der Waals surface area (Å²) in [6, 6.07) is 22.1. The molecule has 240 valence electrons. The minimum absolute atomic E-state index is 0.00869. The van der Waals surface area contributed by atoms with Crippen LogP contribution in [0.3, 0.4) is 0 Å². The van der Waals surface area contributed by atoms with Gasteiger partial charge in [0.25, 0.3) is 0 Å². The van der Waals surface area contributed by atoms with Gasteiger partial charge in [-0.3, -0.25) is 4.57 Å². The van der Waals surface area contributed by atoms with E-state index in [2.05, 4.69) is 15.0 Å². The van der Waals surface area contributed by atoms with E-state index >= 15 is 0 Å². The van der Waals surface area contributed by atoms with Gasteiger partial charge in [0, 0.05) is 0 Å². The van der Waals surface area contributed by atoms with Gasteiger partial charge in [-0.15, -0.1) is 0 Å². The number of nitrogens with zero attached hydrogens (tertiary/aromatic N) is 4. The number of esters is 3. The third-order valence-corrected chi connectivity index (χ3v) is 7.46. The third kappa shape index (κ3) is 6.64. The molecule has 1 aliphatic heterocycles. The van der Waals surface area contributed by atoms with Crippen molar-refractivity contribution in [1.82, 2.24) is 19.5 Å². The van der Waals surface area contributed by atoms with E-state index in [-0.39, 0.29) is 33.0 Å². The van der Waals surface area contributed by atoms with E-state index in [0.717, 1.165) is 12.7 Å². The molecule has 0 saturated carbocycles. The van der Waals surface area contributed by atoms with Crippen molar-refractivity contribution in [2.75, 3.05) is 0 Å². The maximum Gasteiger partial charge on any atom is 0.428 e. The van der Waals surface area contributed by atoms with Gasteiger partial charge in [-0.05, 0) is 36.4 Å². The summed E-state index contributed by atoms with van der Waals surface area (Å²) in [5, 5.41) is -0.0712. The summed E-state index contributed by atoms with van der Waals surface area (Å²) in [5.74, 6) is -3.34. The summed E-state index contributed by atoms with van der Waals surface area (Å²) in [5.41, 5.74) is -0.0653. The molecule has 0 radical (unpaired) electrons. The van der Waals surface area contributed by atoms with Crippen LogP contribution < -0.4 is 0 Å². The van der Waals surface area contributed by atoms with E-state index in [0.29, 0.717) is 0 Å². The summed E-state index contributed by atoms with van der Waals surface area (Å²) < 4.78 is 68.1. The molecule has 0 bridgehead atoms. The van der Waals surface area contributed by atoms with E-state index in [1.54, 1.807) is 30.3 Å². The van der Waals surface area contributed by atoms with Crippen molar-refractivity contribution >= 4 is 40.7 Å². The topological polar surface area (TPSA) is 132 Å². The van der Waals surface area contributed by atoms with Gasteiger partial charge in [0.1, 0.15) is 17.9 Å². The number of imidazole rings is 1. The van der Waals surface area contributed by atoms with Gasteiger partial charge in [0.2, 0.25) is 6.10 Å². The average Bonchev–Trinajstić information content (AvgIpc) is 3.66. The molecule has 1 fully saturated rings. The smallest absolute Gasteiger partial charge is 0.428 e. The van der Waals surface area contributed by atoms with Gasteiger partial charge in [-0.1, -0.05) is 66.2 Å². The van der Waals surface area contributed by atoms with Crippen LogP contribution >= 0.6 is 11.6 Å². The number of aromatic nitrogens is 4. The first-order chi connectivity index (χ1) is 22.6. The second-order valence-electron chi connectivity index (χ2n) is 10.2. The van der Waals surface area contributed by atoms with Crippen LogP contribution in [0.1, 0.15) is 37.3 Å². The lowest BCUT2D eigenvalue weighted by Gasteiger charge is -2.29. The molecular weight excluding hydrogens is 645 g/mol. The Balaban J connectivity index is 1.47. The summed E-state index contributed by atoms with van der Waals surface area (Å²) in [7, 11) is 0. The number of hydrogen-bond donors (Lipinski definition) is 0. The zero-order valence-electron chi connectivity index (χ0n) is 23.9. The molecule has 0 N–H and O–H groups in total. The van der Waals surface area contributed by atoms with Crippen molar-refractivity contribution in [2.45, 2.75) is 36.8 Å². The molecule has 2 aromatic heterocycles. The predicted molar refractivity (Wildman–Crippen MR) is 157 cm³/mol. The van der Waals surface area contributed by atoms with Crippen LogP contribution in [-0.4, -0.2) is 68.0 Å². The van der Waals surface area contributed by atoms with Crippen LogP contribution in [0.4, 0.5) is 13.2 Å². The second kappa shape index (κ2) is 13.2. The standard InChI is InChI=1S/C32H22ClF3N4O7/c33-26-21-27(38-16-37-26)40(17-39-21)28-24(46-30(42)19-12-6-2-7-13-19)22(45-29(41)18-10-4-1-5-11-18)23(44-28)25(32(34,35)36)47-31(43)20-14-8-3-9-15-20/h1-17,22-25,28H/t22-,23+,24-,25-,28-/m1/s1. The highest BCUT2D eigenvalue weighted by molar-refractivity contribution is 6.33. The highest BCUT2D eigenvalue weighted by Gasteiger charge is 2.61. The zero-order chi connectivity index (χ0) is 33.1. The lowest BCUT2D eigenvalue weighted by Crippen LogP contribution is -2.51. The van der Waals surface area contributed by atoms with E-state index in [1.165, 1.54) is 65.2 Å². The lowest BCUT2D eigenvalue weighted by molar-refractivity contribution is -0.244. The molecule has 1 saturated heterocycles. The van der Waals surface area contributed by atoms with Crippen molar-refractivity contribution in [3.63, 3.8) is 0 Å². The number of carbonyl (C=O) groups excluding carboxylic acids is 3. The Bertz CT molecular complexity index is 1900. The first-order valence-corrected chi connectivity index (χ1v) is 14.3. The Morgan fingerprint density at radius 2 is 1.26 bits per heavy atom. The fraction of sp³-hybridized carbons (Fsp3) is 0.188. The molecule has 0 aliphatic carbocycles. The van der Waals surface area contributed by atoms with Gasteiger partial charge in [0.15, 0.2) is 29.2 Å². The minimum Gasteiger partial charge on any atom is -0.452 e. The van der Waals surface area contributed by atoms with Gasteiger partial charge < -0.3 is 18.9 Å². The zero-order valence-corrected chi connectivity index (χ0v) is 24.6. The molecule has 47 heavy (non-hydrogen) atoms. The Labute approximate surface area is 268 Å². The normalized spacial score (nSPS) is 20.0. The first-order valence-electron chi connectivity index (χ1n) is 13.9. The van der Waals surface area contributed by atoms with Crippen LogP contribution in [0.5, 0.6) is 0 Å². The van der Waals surface area contributed by atoms with Crippen molar-refractivity contribution in [3.8, 4) is 0 Å². The lowest BCUT2D eigenvalue weighted by atomic mass is 10.0. The van der Waals surface area contributed by atoms with Crippen LogP contribution in [0, 0.1) is 0 Å². The van der Waals surface area contributed by atoms with Gasteiger partial charge in [0.05, 0.1) is 23.0 Å². The van der Waals surface area contributed by atoms with E-state index in [9.17, 15) is 27.6 Å². The van der Waals surface area contributed by atoms with Crippen molar-refractivity contribution in [1.29, 1.82) is 0 Å². The number of benzene rings is 3. The van der Waals surface area contributed by atoms with Crippen molar-refractivity contribution in [2.24, 2.45) is 0 Å². The Kier molecular flexibility index (Phi) is 8.87. The number of fused-ring (bicyclic) bond motifs is 1. The van der Waals surface area contributed by atoms with Crippen LogP contribution in [0.2, 0.25) is 5.15 Å². The minimum atomic E-state index is -5.25. The maximum atomic E-state index is 14.8. The van der Waals surface area contributed by atoms with Gasteiger partial charge in [-0.2, -0.15) is 13.2 Å². The molecule has 0 amide bonds. The number of hydrogen-bond acceptors (Lipinski definition) is 10. The molecule has 5 aromatic rings. The summed E-state index contributed by atoms with van der Waals surface area (Å²) >= 11 is 6.17. The Hall–Kier alpha value is -5.34. The van der Waals surface area contributed by atoms with Crippen LogP contribution in [0.15, 0.2) is 104 Å². The Morgan fingerprint density at radius 3 is 1.79 bits per heavy atom. The molecular formula is C32H22ClF3N4O7. The maximum absolute atomic E-state index is 14.8. The quantitative estimate of drug-likeness (QED) is 0.117. The molecule has 1 aliphatic rings. The summed E-state index contributed by atoms with van der Waals surface area (Å²) in [6.45, 7) is 0. The number of carbonyl (C=O) groups is 3. The number of alkyl halides is 3. The van der Waals surface area contributed by atoms with Crippen LogP contribution in [0.25, 0.3) is 11.2 Å². The Morgan fingerprint density at radius 1 is 0.745 bits per heavy atom. The molecule has 0 unspecified atom stereocenters. The fourth-order valence-corrected chi connectivity index (χ4v) is 5.19. The van der Waals surface area contributed by atoms with Crippen molar-refractivity contribution < 1.29 is 46.5 Å². The molecule has 6 rings (SSSR count). The van der Waals surface area contributed by atoms with E-state index in [4.69, 9.17) is 30.5 Å². The molecule has 15 heteroatoms. The first kappa shape index (κ1) is 31.6. The van der Waals surface area contributed by atoms with Gasteiger partial charge >= 0.3 is 24.1 Å². The van der Waals surface area contributed by atoms with Gasteiger partial charge in [-0.25, -0.2) is 29.3 Å². The fourth-order valence-electron chi connectivity index (χ4n) is 5.01. The summed E-state index contributed by atoms with van der Waals surface area (Å²) in [6.07, 6.45) is -13.6. The third-order valence-electron chi connectivity index (χ3n) is 7.18. The molecule has 5 atom stereocenters. The molecule has 3 aromatic carbocycles. The highest BCUT2D eigenvalue weighted by atomic mass is 35.5. The largest absolute Gasteiger partial charge is 0.452 e. The average molecular weight is 667 g/mol. The predicted octanol–water partition coefficient (Wildman–Crippen LogP) is 5.62. The molecule has 3 heterocycles. The van der Waals surface area contributed by atoms with Crippen LogP contribution in [-0.2, 0) is 18.9 Å². The van der Waals surface area contributed by atoms with Crippen molar-refractivity contribution in [3.05, 3.63) is 125 Å². The molecule has 0 spiro atoms. The summed E-state index contributed by atoms with van der Waals surface area (Å²) in [4.78, 5) is 51.8. The number of halogens is 4. The number of ether oxygens (including phenoxy) is 4. The SMILES string of the molecule is O=C(O[C@H]1[C@@H](OC(=O)c2ccccc2)[C@H](n2cnc3c(Cl)ncnc32)O[C@@H]1[C@@H](OC(=O)c1ccccc1)C(F)(F)F)c1ccccc1.